The molecule has 0 spiro atoms. The average Bonchev–Trinajstić information content (AvgIpc) is 3.14. The minimum absolute atomic E-state index is 0.0598. The molecule has 2 aliphatic rings. The topological polar surface area (TPSA) is 58.6 Å². The number of carbonyl (C=O) groups excluding carboxylic acids is 2. The fraction of sp³-hybridized carbons (Fsp3) is 0.583. The van der Waals surface area contributed by atoms with Gasteiger partial charge in [0.2, 0.25) is 5.91 Å². The summed E-state index contributed by atoms with van der Waals surface area (Å²) in [5.74, 6) is 0.709. The summed E-state index contributed by atoms with van der Waals surface area (Å²) in [7, 11) is 0. The zero-order valence-corrected chi connectivity index (χ0v) is 18.8. The number of morpholine rings is 1. The third-order valence-corrected chi connectivity index (χ3v) is 7.37. The average molecular weight is 429 g/mol. The van der Waals surface area contributed by atoms with Crippen molar-refractivity contribution >= 4 is 33.2 Å². The standard InChI is InChI=1S/C24H32N2O3S/c1-16(2)25-24(28)23-22(18-10-6-7-11-20(18)30-23)19-15-26(12-13-29-19)21(27)14-17-8-4-3-5-9-17/h6-7,10-11,16-17,19H,3-5,8-9,12-15H2,1-2H3,(H,25,28). The van der Waals surface area contributed by atoms with E-state index in [9.17, 15) is 9.59 Å². The molecule has 1 aliphatic carbocycles. The van der Waals surface area contributed by atoms with Crippen LogP contribution in [-0.2, 0) is 9.53 Å². The highest BCUT2D eigenvalue weighted by Gasteiger charge is 2.32. The molecule has 1 atom stereocenters. The van der Waals surface area contributed by atoms with Crippen LogP contribution < -0.4 is 5.32 Å². The zero-order valence-electron chi connectivity index (χ0n) is 18.0. The van der Waals surface area contributed by atoms with Gasteiger partial charge in [-0.25, -0.2) is 0 Å². The Morgan fingerprint density at radius 3 is 2.73 bits per heavy atom. The molecule has 2 amide bonds. The van der Waals surface area contributed by atoms with E-state index in [0.717, 1.165) is 15.6 Å². The molecule has 1 N–H and O–H groups in total. The van der Waals surface area contributed by atoms with E-state index in [1.807, 2.05) is 36.9 Å². The Hall–Kier alpha value is -1.92. The van der Waals surface area contributed by atoms with Crippen molar-refractivity contribution in [3.63, 3.8) is 0 Å². The number of hydrogen-bond donors (Lipinski definition) is 1. The Morgan fingerprint density at radius 1 is 1.20 bits per heavy atom. The van der Waals surface area contributed by atoms with Crippen LogP contribution in [0.1, 0.15) is 73.7 Å². The molecular weight excluding hydrogens is 396 g/mol. The van der Waals surface area contributed by atoms with Gasteiger partial charge in [-0.2, -0.15) is 0 Å². The first kappa shape index (κ1) is 21.3. The zero-order chi connectivity index (χ0) is 21.1. The first-order valence-electron chi connectivity index (χ1n) is 11.2. The van der Waals surface area contributed by atoms with E-state index in [2.05, 4.69) is 11.4 Å². The van der Waals surface area contributed by atoms with Crippen molar-refractivity contribution in [3.8, 4) is 0 Å². The van der Waals surface area contributed by atoms with Crippen molar-refractivity contribution in [2.75, 3.05) is 19.7 Å². The van der Waals surface area contributed by atoms with Crippen LogP contribution in [0.25, 0.3) is 10.1 Å². The molecule has 1 saturated heterocycles. The molecule has 0 bridgehead atoms. The monoisotopic (exact) mass is 428 g/mol. The molecule has 1 aliphatic heterocycles. The van der Waals surface area contributed by atoms with Crippen molar-refractivity contribution in [2.45, 2.75) is 64.5 Å². The third-order valence-electron chi connectivity index (χ3n) is 6.19. The molecule has 4 rings (SSSR count). The number of ether oxygens (including phenoxy) is 1. The molecule has 162 valence electrons. The fourth-order valence-corrected chi connectivity index (χ4v) is 5.86. The third kappa shape index (κ3) is 4.70. The lowest BCUT2D eigenvalue weighted by Crippen LogP contribution is -2.43. The Balaban J connectivity index is 1.56. The first-order chi connectivity index (χ1) is 14.5. The van der Waals surface area contributed by atoms with E-state index >= 15 is 0 Å². The van der Waals surface area contributed by atoms with Gasteiger partial charge in [0.25, 0.3) is 5.91 Å². The Labute approximate surface area is 182 Å². The summed E-state index contributed by atoms with van der Waals surface area (Å²) < 4.78 is 7.21. The van der Waals surface area contributed by atoms with E-state index in [1.54, 1.807) is 0 Å². The second-order valence-corrected chi connectivity index (χ2v) is 9.93. The summed E-state index contributed by atoms with van der Waals surface area (Å²) in [6.07, 6.45) is 6.53. The van der Waals surface area contributed by atoms with Gasteiger partial charge in [-0.05, 0) is 44.1 Å². The lowest BCUT2D eigenvalue weighted by Gasteiger charge is -2.34. The maximum atomic E-state index is 13.0. The van der Waals surface area contributed by atoms with Crippen LogP contribution in [0.4, 0.5) is 0 Å². The first-order valence-corrected chi connectivity index (χ1v) is 12.1. The van der Waals surface area contributed by atoms with Crippen LogP contribution in [0, 0.1) is 5.92 Å². The van der Waals surface area contributed by atoms with Gasteiger partial charge in [-0.15, -0.1) is 11.3 Å². The van der Waals surface area contributed by atoms with Gasteiger partial charge in [0.1, 0.15) is 6.10 Å². The molecule has 1 unspecified atom stereocenters. The number of carbonyl (C=O) groups is 2. The van der Waals surface area contributed by atoms with Crippen LogP contribution in [0.5, 0.6) is 0 Å². The number of nitrogens with one attached hydrogen (secondary N) is 1. The molecule has 2 fully saturated rings. The quantitative estimate of drug-likeness (QED) is 0.736. The molecule has 0 radical (unpaired) electrons. The van der Waals surface area contributed by atoms with E-state index in [4.69, 9.17) is 4.74 Å². The fourth-order valence-electron chi connectivity index (χ4n) is 4.70. The minimum Gasteiger partial charge on any atom is -0.370 e. The molecule has 1 aromatic heterocycles. The molecule has 2 aromatic rings. The molecule has 2 heterocycles. The summed E-state index contributed by atoms with van der Waals surface area (Å²) in [6, 6.07) is 8.16. The number of thiophene rings is 1. The van der Waals surface area contributed by atoms with Crippen LogP contribution in [-0.4, -0.2) is 42.5 Å². The van der Waals surface area contributed by atoms with Crippen molar-refractivity contribution in [1.29, 1.82) is 0 Å². The van der Waals surface area contributed by atoms with Gasteiger partial charge in [-0.1, -0.05) is 37.5 Å². The van der Waals surface area contributed by atoms with Crippen molar-refractivity contribution in [1.82, 2.24) is 10.2 Å². The number of amides is 2. The summed E-state index contributed by atoms with van der Waals surface area (Å²) in [6.45, 7) is 5.60. The molecular formula is C24H32N2O3S. The predicted molar refractivity (Wildman–Crippen MR) is 121 cm³/mol. The number of hydrogen-bond acceptors (Lipinski definition) is 4. The summed E-state index contributed by atoms with van der Waals surface area (Å²) in [4.78, 5) is 28.6. The molecule has 5 nitrogen and oxygen atoms in total. The maximum Gasteiger partial charge on any atom is 0.261 e. The minimum atomic E-state index is -0.266. The number of fused-ring (bicyclic) bond motifs is 1. The number of benzene rings is 1. The van der Waals surface area contributed by atoms with E-state index in [1.165, 1.54) is 43.4 Å². The lowest BCUT2D eigenvalue weighted by molar-refractivity contribution is -0.140. The van der Waals surface area contributed by atoms with Crippen LogP contribution in [0.2, 0.25) is 0 Å². The van der Waals surface area contributed by atoms with Gasteiger partial charge >= 0.3 is 0 Å². The highest BCUT2D eigenvalue weighted by Crippen LogP contribution is 2.38. The lowest BCUT2D eigenvalue weighted by atomic mass is 9.86. The van der Waals surface area contributed by atoms with Crippen LogP contribution in [0.3, 0.4) is 0 Å². The van der Waals surface area contributed by atoms with Gasteiger partial charge in [-0.3, -0.25) is 9.59 Å². The maximum absolute atomic E-state index is 13.0. The summed E-state index contributed by atoms with van der Waals surface area (Å²) in [5.41, 5.74) is 0.934. The van der Waals surface area contributed by atoms with Gasteiger partial charge < -0.3 is 15.0 Å². The second kappa shape index (κ2) is 9.48. The van der Waals surface area contributed by atoms with Crippen LogP contribution >= 0.6 is 11.3 Å². The number of rotatable bonds is 5. The highest BCUT2D eigenvalue weighted by atomic mass is 32.1. The van der Waals surface area contributed by atoms with Crippen molar-refractivity contribution in [2.24, 2.45) is 5.92 Å². The SMILES string of the molecule is CC(C)NC(=O)c1sc2ccccc2c1C1CN(C(=O)CC2CCCCC2)CCO1. The molecule has 30 heavy (non-hydrogen) atoms. The number of nitrogens with zero attached hydrogens (tertiary/aromatic N) is 1. The van der Waals surface area contributed by atoms with Gasteiger partial charge in [0.15, 0.2) is 0 Å². The van der Waals surface area contributed by atoms with E-state index in [-0.39, 0.29) is 24.0 Å². The van der Waals surface area contributed by atoms with E-state index < -0.39 is 0 Å². The molecule has 1 aromatic carbocycles. The molecule has 1 saturated carbocycles. The highest BCUT2D eigenvalue weighted by molar-refractivity contribution is 7.21. The Bertz CT molecular complexity index is 901. The Kier molecular flexibility index (Phi) is 6.74. The smallest absolute Gasteiger partial charge is 0.261 e. The largest absolute Gasteiger partial charge is 0.370 e. The second-order valence-electron chi connectivity index (χ2n) is 8.88. The normalized spacial score (nSPS) is 20.6. The van der Waals surface area contributed by atoms with Crippen molar-refractivity contribution < 1.29 is 14.3 Å². The summed E-state index contributed by atoms with van der Waals surface area (Å²) in [5, 5.41) is 4.08. The van der Waals surface area contributed by atoms with Crippen LogP contribution in [0.15, 0.2) is 24.3 Å². The van der Waals surface area contributed by atoms with Gasteiger partial charge in [0, 0.05) is 29.3 Å². The van der Waals surface area contributed by atoms with E-state index in [0.29, 0.717) is 36.9 Å². The van der Waals surface area contributed by atoms with Crippen molar-refractivity contribution in [3.05, 3.63) is 34.7 Å². The Morgan fingerprint density at radius 2 is 1.97 bits per heavy atom. The van der Waals surface area contributed by atoms with Gasteiger partial charge in [0.05, 0.1) is 18.0 Å². The predicted octanol–water partition coefficient (Wildman–Crippen LogP) is 4.91. The molecule has 6 heteroatoms. The summed E-state index contributed by atoms with van der Waals surface area (Å²) >= 11 is 1.51.